The van der Waals surface area contributed by atoms with Crippen molar-refractivity contribution in [2.45, 2.75) is 4.43 Å². The van der Waals surface area contributed by atoms with E-state index in [-0.39, 0.29) is 0 Å². The Morgan fingerprint density at radius 1 is 1.54 bits per heavy atom. The van der Waals surface area contributed by atoms with Crippen LogP contribution in [-0.4, -0.2) is 19.5 Å². The van der Waals surface area contributed by atoms with Crippen molar-refractivity contribution in [3.05, 3.63) is 12.0 Å². The van der Waals surface area contributed by atoms with Crippen LogP contribution in [0.15, 0.2) is 6.33 Å². The van der Waals surface area contributed by atoms with Crippen LogP contribution in [0.4, 0.5) is 5.95 Å². The number of imidazole rings is 1. The number of nitrogens with zero attached hydrogens (tertiary/aromatic N) is 4. The van der Waals surface area contributed by atoms with Gasteiger partial charge in [0.1, 0.15) is 5.52 Å². The van der Waals surface area contributed by atoms with E-state index in [4.69, 9.17) is 5.73 Å². The summed E-state index contributed by atoms with van der Waals surface area (Å²) in [5.74, 6) is 0.308. The van der Waals surface area contributed by atoms with Crippen LogP contribution in [0.3, 0.4) is 0 Å². The lowest BCUT2D eigenvalue weighted by molar-refractivity contribution is 0.929. The van der Waals surface area contributed by atoms with Crippen molar-refractivity contribution in [3.63, 3.8) is 0 Å². The molecule has 0 atom stereocenters. The van der Waals surface area contributed by atoms with Crippen LogP contribution in [0.5, 0.6) is 0 Å². The Balaban J connectivity index is 2.84. The van der Waals surface area contributed by atoms with Crippen LogP contribution in [0.2, 0.25) is 0 Å². The maximum Gasteiger partial charge on any atom is 0.222 e. The smallest absolute Gasteiger partial charge is 0.222 e. The number of nitrogens with two attached hydrogens (primary N) is 1. The standard InChI is InChI=1S/C7H8IN5/c1-13-3-10-5-4(2-8)11-7(9)12-6(5)13/h3H,2H2,1H3,(H2,9,11,12). The summed E-state index contributed by atoms with van der Waals surface area (Å²) in [6.45, 7) is 0. The number of hydrogen-bond donors (Lipinski definition) is 1. The van der Waals surface area contributed by atoms with Gasteiger partial charge in [0.05, 0.1) is 12.0 Å². The number of aromatic nitrogens is 4. The number of aryl methyl sites for hydroxylation is 1. The first-order valence-electron chi connectivity index (χ1n) is 3.71. The normalized spacial score (nSPS) is 10.9. The van der Waals surface area contributed by atoms with E-state index in [1.54, 1.807) is 6.33 Å². The van der Waals surface area contributed by atoms with Crippen LogP contribution in [0, 0.1) is 0 Å². The molecular formula is C7H8IN5. The topological polar surface area (TPSA) is 69.6 Å². The lowest BCUT2D eigenvalue weighted by atomic mass is 10.4. The predicted molar refractivity (Wildman–Crippen MR) is 58.4 cm³/mol. The zero-order valence-corrected chi connectivity index (χ0v) is 9.19. The van der Waals surface area contributed by atoms with Gasteiger partial charge < -0.3 is 10.3 Å². The number of alkyl halides is 1. The molecule has 0 amide bonds. The molecule has 0 fully saturated rings. The van der Waals surface area contributed by atoms with Crippen molar-refractivity contribution in [1.82, 2.24) is 19.5 Å². The molecule has 0 saturated heterocycles. The summed E-state index contributed by atoms with van der Waals surface area (Å²) in [5, 5.41) is 0. The average Bonchev–Trinajstić information content (AvgIpc) is 2.47. The summed E-state index contributed by atoms with van der Waals surface area (Å²) in [4.78, 5) is 12.4. The van der Waals surface area contributed by atoms with Crippen LogP contribution >= 0.6 is 22.6 Å². The van der Waals surface area contributed by atoms with Crippen molar-refractivity contribution in [2.24, 2.45) is 7.05 Å². The largest absolute Gasteiger partial charge is 0.368 e. The molecule has 2 rings (SSSR count). The van der Waals surface area contributed by atoms with Gasteiger partial charge in [0.2, 0.25) is 5.95 Å². The summed E-state index contributed by atoms with van der Waals surface area (Å²) in [6.07, 6.45) is 1.72. The van der Waals surface area contributed by atoms with Crippen molar-refractivity contribution in [1.29, 1.82) is 0 Å². The van der Waals surface area contributed by atoms with Crippen LogP contribution in [-0.2, 0) is 11.5 Å². The quantitative estimate of drug-likeness (QED) is 0.625. The maximum atomic E-state index is 5.56. The molecule has 2 aromatic rings. The first-order chi connectivity index (χ1) is 6.22. The second-order valence-electron chi connectivity index (χ2n) is 2.69. The monoisotopic (exact) mass is 289 g/mol. The molecule has 0 aliphatic rings. The lowest BCUT2D eigenvalue weighted by Gasteiger charge is -1.99. The summed E-state index contributed by atoms with van der Waals surface area (Å²) in [6, 6.07) is 0. The number of rotatable bonds is 1. The molecule has 0 aliphatic carbocycles. The van der Waals surface area contributed by atoms with Crippen LogP contribution in [0.25, 0.3) is 11.2 Å². The van der Waals surface area contributed by atoms with Gasteiger partial charge >= 0.3 is 0 Å². The molecule has 5 nitrogen and oxygen atoms in total. The molecule has 0 spiro atoms. The molecule has 0 bridgehead atoms. The van der Waals surface area contributed by atoms with E-state index in [2.05, 4.69) is 37.5 Å². The van der Waals surface area contributed by atoms with Crippen molar-refractivity contribution in [2.75, 3.05) is 5.73 Å². The third-order valence-corrected chi connectivity index (χ3v) is 2.50. The molecule has 0 saturated carbocycles. The zero-order valence-electron chi connectivity index (χ0n) is 7.03. The van der Waals surface area contributed by atoms with E-state index in [0.717, 1.165) is 21.3 Å². The van der Waals surface area contributed by atoms with Gasteiger partial charge in [-0.25, -0.2) is 9.97 Å². The molecular weight excluding hydrogens is 281 g/mol. The number of hydrogen-bond acceptors (Lipinski definition) is 4. The van der Waals surface area contributed by atoms with Crippen LogP contribution < -0.4 is 5.73 Å². The first kappa shape index (κ1) is 8.67. The number of nitrogen functional groups attached to an aromatic ring is 1. The first-order valence-corrected chi connectivity index (χ1v) is 5.24. The van der Waals surface area contributed by atoms with Gasteiger partial charge in [0.25, 0.3) is 0 Å². The fraction of sp³-hybridized carbons (Fsp3) is 0.286. The van der Waals surface area contributed by atoms with E-state index in [9.17, 15) is 0 Å². The highest BCUT2D eigenvalue weighted by Crippen LogP contribution is 2.16. The van der Waals surface area contributed by atoms with Crippen molar-refractivity contribution >= 4 is 39.7 Å². The fourth-order valence-corrected chi connectivity index (χ4v) is 1.71. The molecule has 2 N–H and O–H groups in total. The minimum atomic E-state index is 0.308. The summed E-state index contributed by atoms with van der Waals surface area (Å²) in [7, 11) is 1.89. The minimum Gasteiger partial charge on any atom is -0.368 e. The number of fused-ring (bicyclic) bond motifs is 1. The highest BCUT2D eigenvalue weighted by Gasteiger charge is 2.08. The molecule has 0 aliphatic heterocycles. The molecule has 0 aromatic carbocycles. The Hall–Kier alpha value is -0.920. The van der Waals surface area contributed by atoms with Gasteiger partial charge in [-0.15, -0.1) is 0 Å². The molecule has 0 unspecified atom stereocenters. The molecule has 0 radical (unpaired) electrons. The Morgan fingerprint density at radius 2 is 2.31 bits per heavy atom. The van der Waals surface area contributed by atoms with Gasteiger partial charge in [-0.1, -0.05) is 22.6 Å². The number of anilines is 1. The zero-order chi connectivity index (χ0) is 9.42. The number of halogens is 1. The minimum absolute atomic E-state index is 0.308. The van der Waals surface area contributed by atoms with Gasteiger partial charge in [-0.05, 0) is 0 Å². The third kappa shape index (κ3) is 1.34. The molecule has 2 heterocycles. The van der Waals surface area contributed by atoms with Gasteiger partial charge in [-0.2, -0.15) is 4.98 Å². The lowest BCUT2D eigenvalue weighted by Crippen LogP contribution is -2.00. The summed E-state index contributed by atoms with van der Waals surface area (Å²) >= 11 is 2.23. The highest BCUT2D eigenvalue weighted by atomic mass is 127. The fourth-order valence-electron chi connectivity index (χ4n) is 1.18. The van der Waals surface area contributed by atoms with Crippen molar-refractivity contribution < 1.29 is 0 Å². The summed E-state index contributed by atoms with van der Waals surface area (Å²) in [5.41, 5.74) is 8.08. The van der Waals surface area contributed by atoms with Crippen molar-refractivity contribution in [3.8, 4) is 0 Å². The van der Waals surface area contributed by atoms with E-state index in [0.29, 0.717) is 5.95 Å². The van der Waals surface area contributed by atoms with E-state index in [1.165, 1.54) is 0 Å². The maximum absolute atomic E-state index is 5.56. The van der Waals surface area contributed by atoms with E-state index < -0.39 is 0 Å². The van der Waals surface area contributed by atoms with Gasteiger partial charge in [0.15, 0.2) is 5.65 Å². The molecule has 13 heavy (non-hydrogen) atoms. The predicted octanol–water partition coefficient (Wildman–Crippen LogP) is 0.880. The summed E-state index contributed by atoms with van der Waals surface area (Å²) < 4.78 is 2.63. The van der Waals surface area contributed by atoms with Gasteiger partial charge in [0, 0.05) is 11.5 Å². The van der Waals surface area contributed by atoms with E-state index in [1.807, 2.05) is 11.6 Å². The molecule has 6 heteroatoms. The van der Waals surface area contributed by atoms with E-state index >= 15 is 0 Å². The Morgan fingerprint density at radius 3 is 3.00 bits per heavy atom. The van der Waals surface area contributed by atoms with Crippen LogP contribution in [0.1, 0.15) is 5.69 Å². The Kier molecular flexibility index (Phi) is 2.06. The highest BCUT2D eigenvalue weighted by molar-refractivity contribution is 14.1. The molecule has 2 aromatic heterocycles. The average molecular weight is 289 g/mol. The Labute approximate surface area is 88.5 Å². The van der Waals surface area contributed by atoms with Gasteiger partial charge in [-0.3, -0.25) is 0 Å². The second-order valence-corrected chi connectivity index (χ2v) is 3.45. The second kappa shape index (κ2) is 3.09. The third-order valence-electron chi connectivity index (χ3n) is 1.78. The Bertz CT molecular complexity index is 449. The molecule has 68 valence electrons. The SMILES string of the molecule is Cn1cnc2c(CI)nc(N)nc21.